The molecule has 2 aromatic rings. The Morgan fingerprint density at radius 3 is 2.44 bits per heavy atom. The van der Waals surface area contributed by atoms with Crippen LogP contribution in [0, 0.1) is 6.92 Å². The number of carbonyl (C=O) groups excluding carboxylic acids is 2. The highest BCUT2D eigenvalue weighted by Crippen LogP contribution is 2.31. The number of hydrogen-bond acceptors (Lipinski definition) is 5. The number of hydrogen-bond donors (Lipinski definition) is 1. The number of benzene rings is 2. The molecule has 0 aliphatic carbocycles. The molecule has 0 aromatic heterocycles. The largest absolute Gasteiger partial charge is 0.493 e. The predicted molar refractivity (Wildman–Crippen MR) is 92.9 cm³/mol. The molecule has 132 valence electrons. The van der Waals surface area contributed by atoms with Gasteiger partial charge >= 0.3 is 5.97 Å². The molecule has 0 spiro atoms. The van der Waals surface area contributed by atoms with Gasteiger partial charge in [-0.1, -0.05) is 30.3 Å². The summed E-state index contributed by atoms with van der Waals surface area (Å²) in [5.74, 6) is -0.337. The van der Waals surface area contributed by atoms with E-state index in [1.165, 1.54) is 14.2 Å². The Kier molecular flexibility index (Phi) is 6.39. The molecule has 0 fully saturated rings. The summed E-state index contributed by atoms with van der Waals surface area (Å²) in [6.45, 7) is 1.98. The van der Waals surface area contributed by atoms with Crippen LogP contribution in [-0.2, 0) is 16.1 Å². The number of aryl methyl sites for hydroxylation is 1. The summed E-state index contributed by atoms with van der Waals surface area (Å²) in [6.07, 6.45) is 0. The maximum Gasteiger partial charge on any atom is 0.342 e. The lowest BCUT2D eigenvalue weighted by Gasteiger charge is -2.12. The molecule has 0 saturated heterocycles. The fourth-order valence-corrected chi connectivity index (χ4v) is 2.31. The first kappa shape index (κ1) is 18.3. The molecule has 0 bridgehead atoms. The van der Waals surface area contributed by atoms with Crippen LogP contribution in [0.15, 0.2) is 42.5 Å². The molecule has 1 N–H and O–H groups in total. The summed E-state index contributed by atoms with van der Waals surface area (Å²) in [5, 5.41) is 2.73. The Bertz CT molecular complexity index is 757. The molecule has 1 amide bonds. The lowest BCUT2D eigenvalue weighted by Crippen LogP contribution is -2.28. The minimum atomic E-state index is -0.651. The van der Waals surface area contributed by atoms with E-state index in [9.17, 15) is 9.59 Å². The van der Waals surface area contributed by atoms with Crippen LogP contribution in [0.3, 0.4) is 0 Å². The van der Waals surface area contributed by atoms with Crippen molar-refractivity contribution in [3.8, 4) is 11.5 Å². The zero-order valence-corrected chi connectivity index (χ0v) is 14.5. The van der Waals surface area contributed by atoms with Crippen LogP contribution >= 0.6 is 0 Å². The highest BCUT2D eigenvalue weighted by Gasteiger charge is 2.18. The van der Waals surface area contributed by atoms with E-state index in [1.807, 2.05) is 31.2 Å². The summed E-state index contributed by atoms with van der Waals surface area (Å²) < 4.78 is 15.4. The Morgan fingerprint density at radius 2 is 1.76 bits per heavy atom. The van der Waals surface area contributed by atoms with Gasteiger partial charge in [0.1, 0.15) is 5.56 Å². The highest BCUT2D eigenvalue weighted by atomic mass is 16.5. The first-order chi connectivity index (χ1) is 12.1. The van der Waals surface area contributed by atoms with Gasteiger partial charge < -0.3 is 19.5 Å². The molecule has 0 unspecified atom stereocenters. The van der Waals surface area contributed by atoms with Gasteiger partial charge in [0.2, 0.25) is 0 Å². The van der Waals surface area contributed by atoms with Crippen LogP contribution in [0.2, 0.25) is 0 Å². The van der Waals surface area contributed by atoms with E-state index in [4.69, 9.17) is 14.2 Å². The van der Waals surface area contributed by atoms with Crippen molar-refractivity contribution in [1.82, 2.24) is 5.32 Å². The number of para-hydroxylation sites is 1. The average Bonchev–Trinajstić information content (AvgIpc) is 2.64. The lowest BCUT2D eigenvalue weighted by atomic mass is 10.1. The molecule has 6 heteroatoms. The first-order valence-electron chi connectivity index (χ1n) is 7.76. The van der Waals surface area contributed by atoms with E-state index >= 15 is 0 Å². The van der Waals surface area contributed by atoms with Crippen molar-refractivity contribution in [2.24, 2.45) is 0 Å². The number of ether oxygens (including phenoxy) is 3. The first-order valence-corrected chi connectivity index (χ1v) is 7.76. The van der Waals surface area contributed by atoms with Gasteiger partial charge in [0, 0.05) is 6.54 Å². The van der Waals surface area contributed by atoms with Crippen molar-refractivity contribution in [3.63, 3.8) is 0 Å². The molecule has 25 heavy (non-hydrogen) atoms. The lowest BCUT2D eigenvalue weighted by molar-refractivity contribution is -0.124. The maximum atomic E-state index is 12.2. The van der Waals surface area contributed by atoms with Crippen LogP contribution in [0.4, 0.5) is 0 Å². The molecule has 2 rings (SSSR count). The number of methoxy groups -OCH3 is 2. The molecule has 0 saturated carbocycles. The molecular weight excluding hydrogens is 322 g/mol. The second-order valence-electron chi connectivity index (χ2n) is 5.32. The summed E-state index contributed by atoms with van der Waals surface area (Å²) in [6, 6.07) is 12.6. The standard InChI is InChI=1S/C19H21NO5/c1-13-7-4-5-8-14(13)11-20-17(21)12-25-19(22)15-9-6-10-16(23-2)18(15)24-3/h4-10H,11-12H2,1-3H3,(H,20,21). The average molecular weight is 343 g/mol. The molecule has 0 radical (unpaired) electrons. The third-order valence-electron chi connectivity index (χ3n) is 3.69. The minimum Gasteiger partial charge on any atom is -0.493 e. The molecule has 0 atom stereocenters. The third-order valence-corrected chi connectivity index (χ3v) is 3.69. The Hall–Kier alpha value is -3.02. The van der Waals surface area contributed by atoms with E-state index in [0.717, 1.165) is 11.1 Å². The second-order valence-corrected chi connectivity index (χ2v) is 5.32. The van der Waals surface area contributed by atoms with Crippen LogP contribution in [0.25, 0.3) is 0 Å². The monoisotopic (exact) mass is 343 g/mol. The van der Waals surface area contributed by atoms with Crippen molar-refractivity contribution >= 4 is 11.9 Å². The smallest absolute Gasteiger partial charge is 0.342 e. The fourth-order valence-electron chi connectivity index (χ4n) is 2.31. The minimum absolute atomic E-state index is 0.202. The Balaban J connectivity index is 1.92. The quantitative estimate of drug-likeness (QED) is 0.782. The summed E-state index contributed by atoms with van der Waals surface area (Å²) in [5.41, 5.74) is 2.30. The molecular formula is C19H21NO5. The maximum absolute atomic E-state index is 12.2. The highest BCUT2D eigenvalue weighted by molar-refractivity contribution is 5.94. The number of carbonyl (C=O) groups is 2. The molecule has 0 heterocycles. The van der Waals surface area contributed by atoms with E-state index in [-0.39, 0.29) is 23.8 Å². The van der Waals surface area contributed by atoms with Gasteiger partial charge in [-0.15, -0.1) is 0 Å². The predicted octanol–water partition coefficient (Wildman–Crippen LogP) is 2.49. The van der Waals surface area contributed by atoms with Gasteiger partial charge in [-0.3, -0.25) is 4.79 Å². The van der Waals surface area contributed by atoms with Crippen molar-refractivity contribution in [1.29, 1.82) is 0 Å². The number of nitrogens with one attached hydrogen (secondary N) is 1. The van der Waals surface area contributed by atoms with E-state index in [2.05, 4.69) is 5.32 Å². The Labute approximate surface area is 146 Å². The van der Waals surface area contributed by atoms with Crippen molar-refractivity contribution in [2.45, 2.75) is 13.5 Å². The van der Waals surface area contributed by atoms with Crippen LogP contribution in [0.1, 0.15) is 21.5 Å². The molecule has 0 aliphatic rings. The second kappa shape index (κ2) is 8.73. The summed E-state index contributed by atoms with van der Waals surface area (Å²) in [4.78, 5) is 24.1. The molecule has 0 aliphatic heterocycles. The van der Waals surface area contributed by atoms with Crippen LogP contribution in [0.5, 0.6) is 11.5 Å². The normalized spacial score (nSPS) is 10.0. The van der Waals surface area contributed by atoms with E-state index < -0.39 is 5.97 Å². The van der Waals surface area contributed by atoms with Gasteiger partial charge in [-0.25, -0.2) is 4.79 Å². The van der Waals surface area contributed by atoms with E-state index in [1.54, 1.807) is 18.2 Å². The van der Waals surface area contributed by atoms with Crippen LogP contribution in [-0.4, -0.2) is 32.7 Å². The zero-order chi connectivity index (χ0) is 18.2. The molecule has 6 nitrogen and oxygen atoms in total. The number of rotatable bonds is 7. The third kappa shape index (κ3) is 4.73. The van der Waals surface area contributed by atoms with Crippen molar-refractivity contribution in [3.05, 3.63) is 59.2 Å². The van der Waals surface area contributed by atoms with Crippen molar-refractivity contribution in [2.75, 3.05) is 20.8 Å². The van der Waals surface area contributed by atoms with Crippen LogP contribution < -0.4 is 14.8 Å². The van der Waals surface area contributed by atoms with Gasteiger partial charge in [-0.2, -0.15) is 0 Å². The Morgan fingerprint density at radius 1 is 1.00 bits per heavy atom. The summed E-state index contributed by atoms with van der Waals surface area (Å²) in [7, 11) is 2.91. The van der Waals surface area contributed by atoms with Gasteiger partial charge in [0.05, 0.1) is 14.2 Å². The van der Waals surface area contributed by atoms with E-state index in [0.29, 0.717) is 12.3 Å². The summed E-state index contributed by atoms with van der Waals surface area (Å²) >= 11 is 0. The SMILES string of the molecule is COc1cccc(C(=O)OCC(=O)NCc2ccccc2C)c1OC. The molecule has 2 aromatic carbocycles. The number of esters is 1. The van der Waals surface area contributed by atoms with Crippen molar-refractivity contribution < 1.29 is 23.8 Å². The number of amides is 1. The fraction of sp³-hybridized carbons (Fsp3) is 0.263. The zero-order valence-electron chi connectivity index (χ0n) is 14.5. The van der Waals surface area contributed by atoms with Gasteiger partial charge in [-0.05, 0) is 30.2 Å². The van der Waals surface area contributed by atoms with Gasteiger partial charge in [0.25, 0.3) is 5.91 Å². The topological polar surface area (TPSA) is 73.9 Å². The van der Waals surface area contributed by atoms with Gasteiger partial charge in [0.15, 0.2) is 18.1 Å².